The van der Waals surface area contributed by atoms with Gasteiger partial charge in [0.25, 0.3) is 11.9 Å². The highest BCUT2D eigenvalue weighted by atomic mass is 19.4. The summed E-state index contributed by atoms with van der Waals surface area (Å²) in [5.41, 5.74) is -0.386. The summed E-state index contributed by atoms with van der Waals surface area (Å²) < 4.78 is 66.4. The summed E-state index contributed by atoms with van der Waals surface area (Å²) in [6.07, 6.45) is -1.71. The summed E-state index contributed by atoms with van der Waals surface area (Å²) >= 11 is 0. The molecule has 6 rings (SSSR count). The molecule has 2 N–H and O–H groups in total. The largest absolute Gasteiger partial charge is 0.481 e. The number of aromatic amines is 1. The number of carbonyl (C=O) groups excluding carboxylic acids is 2. The number of aromatic nitrogens is 4. The number of nitrogens with one attached hydrogen (secondary N) is 2. The van der Waals surface area contributed by atoms with E-state index in [1.807, 2.05) is 20.9 Å². The third kappa shape index (κ3) is 6.01. The van der Waals surface area contributed by atoms with Crippen LogP contribution in [-0.4, -0.2) is 93.2 Å². The van der Waals surface area contributed by atoms with Crippen molar-refractivity contribution in [3.05, 3.63) is 41.3 Å². The van der Waals surface area contributed by atoms with Crippen LogP contribution < -0.4 is 15.0 Å². The lowest BCUT2D eigenvalue weighted by molar-refractivity contribution is -0.153. The first-order valence-corrected chi connectivity index (χ1v) is 15.2. The van der Waals surface area contributed by atoms with Gasteiger partial charge in [-0.15, -0.1) is 0 Å². The summed E-state index contributed by atoms with van der Waals surface area (Å²) in [5.74, 6) is -2.88. The van der Waals surface area contributed by atoms with E-state index < -0.39 is 41.7 Å². The van der Waals surface area contributed by atoms with E-state index >= 15 is 0 Å². The Morgan fingerprint density at radius 2 is 1.91 bits per heavy atom. The van der Waals surface area contributed by atoms with Crippen molar-refractivity contribution in [3.63, 3.8) is 0 Å². The molecule has 1 spiro atoms. The number of piperidine rings is 1. The Morgan fingerprint density at radius 3 is 2.57 bits per heavy atom. The maximum Gasteiger partial charge on any atom is 0.451 e. The molecule has 1 aliphatic carbocycles. The number of nitrogens with zero attached hydrogens (tertiary/aromatic N) is 6. The number of H-pyrrole nitrogens is 1. The first-order chi connectivity index (χ1) is 21.8. The van der Waals surface area contributed by atoms with Crippen molar-refractivity contribution in [2.75, 3.05) is 38.7 Å². The Balaban J connectivity index is 1.10. The lowest BCUT2D eigenvalue weighted by Crippen LogP contribution is -2.55. The molecule has 0 radical (unpaired) electrons. The van der Waals surface area contributed by atoms with Gasteiger partial charge in [0.05, 0.1) is 25.5 Å². The predicted octanol–water partition coefficient (Wildman–Crippen LogP) is 3.86. The van der Waals surface area contributed by atoms with Crippen molar-refractivity contribution in [1.29, 1.82) is 0 Å². The number of carbonyl (C=O) groups is 2. The number of methoxy groups -OCH3 is 1. The molecular weight excluding hydrogens is 612 g/mol. The number of pyridine rings is 1. The standard InChI is InChI=1S/C30H36F4N8O4/c1-16-14-41(15-17(2)40(16)3)28-37-23(25(46-28)30(32,33)34)13-36-26(43)18-5-8-42(29(11-18)6-7-29)27(44)22-10-21(38-39-22)19-9-24(45-4)35-12-20(19)31/h9-10,12,16-18H,5-8,11,13-15H2,1-4H3,(H,36,43)(H,38,39)/t16-,17+,18-/m0/s1. The molecule has 2 aliphatic heterocycles. The lowest BCUT2D eigenvalue weighted by Gasteiger charge is -2.41. The Bertz CT molecular complexity index is 1610. The predicted molar refractivity (Wildman–Crippen MR) is 156 cm³/mol. The van der Waals surface area contributed by atoms with Gasteiger partial charge in [0.1, 0.15) is 5.69 Å². The Kier molecular flexibility index (Phi) is 8.19. The van der Waals surface area contributed by atoms with Crippen LogP contribution in [0.15, 0.2) is 22.7 Å². The number of rotatable bonds is 7. The molecule has 0 bridgehead atoms. The molecular formula is C30H36F4N8O4. The molecule has 0 aromatic carbocycles. The van der Waals surface area contributed by atoms with Crippen molar-refractivity contribution in [2.24, 2.45) is 5.92 Å². The van der Waals surface area contributed by atoms with Gasteiger partial charge in [-0.2, -0.15) is 23.3 Å². The maximum absolute atomic E-state index is 14.4. The van der Waals surface area contributed by atoms with Crippen LogP contribution in [0.3, 0.4) is 0 Å². The van der Waals surface area contributed by atoms with E-state index in [0.717, 1.165) is 6.20 Å². The highest BCUT2D eigenvalue weighted by Crippen LogP contribution is 2.50. The fourth-order valence-corrected chi connectivity index (χ4v) is 6.49. The zero-order valence-corrected chi connectivity index (χ0v) is 25.9. The van der Waals surface area contributed by atoms with E-state index in [2.05, 4.69) is 30.4 Å². The van der Waals surface area contributed by atoms with Gasteiger partial charge >= 0.3 is 6.18 Å². The third-order valence-electron chi connectivity index (χ3n) is 9.47. The molecule has 46 heavy (non-hydrogen) atoms. The molecule has 0 unspecified atom stereocenters. The smallest absolute Gasteiger partial charge is 0.451 e. The Morgan fingerprint density at radius 1 is 1.20 bits per heavy atom. The lowest BCUT2D eigenvalue weighted by atomic mass is 9.88. The highest BCUT2D eigenvalue weighted by molar-refractivity contribution is 5.94. The van der Waals surface area contributed by atoms with Crippen LogP contribution in [0.4, 0.5) is 23.6 Å². The molecule has 12 nitrogen and oxygen atoms in total. The van der Waals surface area contributed by atoms with Crippen LogP contribution in [0.2, 0.25) is 0 Å². The van der Waals surface area contributed by atoms with Crippen LogP contribution >= 0.6 is 0 Å². The maximum atomic E-state index is 14.4. The summed E-state index contributed by atoms with van der Waals surface area (Å²) in [4.78, 5) is 40.3. The van der Waals surface area contributed by atoms with E-state index in [-0.39, 0.29) is 59.1 Å². The van der Waals surface area contributed by atoms with Crippen LogP contribution in [-0.2, 0) is 17.5 Å². The first-order valence-electron chi connectivity index (χ1n) is 15.2. The quantitative estimate of drug-likeness (QED) is 0.367. The van der Waals surface area contributed by atoms with Gasteiger partial charge in [-0.1, -0.05) is 0 Å². The number of anilines is 1. The fourth-order valence-electron chi connectivity index (χ4n) is 6.49. The normalized spacial score (nSPS) is 23.1. The van der Waals surface area contributed by atoms with Crippen LogP contribution in [0.1, 0.15) is 61.5 Å². The topological polar surface area (TPSA) is 133 Å². The molecule has 5 heterocycles. The summed E-state index contributed by atoms with van der Waals surface area (Å²) in [6, 6.07) is 2.92. The highest BCUT2D eigenvalue weighted by Gasteiger charge is 2.55. The van der Waals surface area contributed by atoms with Crippen molar-refractivity contribution in [3.8, 4) is 17.1 Å². The van der Waals surface area contributed by atoms with Crippen LogP contribution in [0, 0.1) is 11.7 Å². The number of piperazine rings is 1. The molecule has 1 saturated carbocycles. The molecule has 3 aromatic heterocycles. The van der Waals surface area contributed by atoms with Gasteiger partial charge in [0.15, 0.2) is 11.5 Å². The van der Waals surface area contributed by atoms with Gasteiger partial charge in [-0.25, -0.2) is 9.37 Å². The van der Waals surface area contributed by atoms with E-state index in [0.29, 0.717) is 38.8 Å². The van der Waals surface area contributed by atoms with Crippen LogP contribution in [0.25, 0.3) is 11.3 Å². The molecule has 248 valence electrons. The van der Waals surface area contributed by atoms with Gasteiger partial charge < -0.3 is 24.3 Å². The minimum atomic E-state index is -4.78. The molecule has 3 fully saturated rings. The molecule has 3 aromatic rings. The number of halogens is 4. The third-order valence-corrected chi connectivity index (χ3v) is 9.47. The number of hydrogen-bond donors (Lipinski definition) is 2. The van der Waals surface area contributed by atoms with Gasteiger partial charge in [-0.05, 0) is 52.6 Å². The first kappa shape index (κ1) is 31.8. The molecule has 3 atom stereocenters. The molecule has 2 amide bonds. The minimum Gasteiger partial charge on any atom is -0.481 e. The minimum absolute atomic E-state index is 0.0872. The van der Waals surface area contributed by atoms with Crippen molar-refractivity contribution in [1.82, 2.24) is 35.3 Å². The van der Waals surface area contributed by atoms with Crippen molar-refractivity contribution in [2.45, 2.75) is 69.9 Å². The fraction of sp³-hybridized carbons (Fsp3) is 0.567. The monoisotopic (exact) mass is 648 g/mol. The second-order valence-corrected chi connectivity index (χ2v) is 12.5. The number of hydrogen-bond acceptors (Lipinski definition) is 9. The number of alkyl halides is 3. The van der Waals surface area contributed by atoms with E-state index in [9.17, 15) is 27.2 Å². The van der Waals surface area contributed by atoms with Gasteiger partial charge in [0, 0.05) is 54.8 Å². The van der Waals surface area contributed by atoms with Gasteiger partial charge in [0.2, 0.25) is 17.5 Å². The van der Waals surface area contributed by atoms with E-state index in [1.165, 1.54) is 19.2 Å². The summed E-state index contributed by atoms with van der Waals surface area (Å²) in [6.45, 7) is 4.71. The molecule has 2 saturated heterocycles. The molecule has 16 heteroatoms. The average molecular weight is 649 g/mol. The number of oxazole rings is 1. The van der Waals surface area contributed by atoms with Crippen molar-refractivity contribution >= 4 is 17.8 Å². The number of likely N-dealkylation sites (tertiary alicyclic amines) is 1. The SMILES string of the molecule is COc1cc(-c2cc(C(=O)N3CC[C@H](C(=O)NCc4nc(N5C[C@@H](C)N(C)[C@@H](C)C5)oc4C(F)(F)F)CC34CC4)n[nH]2)c(F)cn1. The Labute approximate surface area is 262 Å². The Hall–Kier alpha value is -4.21. The van der Waals surface area contributed by atoms with E-state index in [4.69, 9.17) is 9.15 Å². The zero-order valence-electron chi connectivity index (χ0n) is 25.9. The van der Waals surface area contributed by atoms with Crippen molar-refractivity contribution < 1.29 is 36.3 Å². The molecule has 3 aliphatic rings. The second kappa shape index (κ2) is 11.9. The second-order valence-electron chi connectivity index (χ2n) is 12.5. The van der Waals surface area contributed by atoms with Crippen LogP contribution in [0.5, 0.6) is 5.88 Å². The number of ether oxygens (including phenoxy) is 1. The number of amides is 2. The summed E-state index contributed by atoms with van der Waals surface area (Å²) in [7, 11) is 3.37. The van der Waals surface area contributed by atoms with Gasteiger partial charge in [-0.3, -0.25) is 19.6 Å². The van der Waals surface area contributed by atoms with E-state index in [1.54, 1.807) is 9.80 Å². The number of likely N-dealkylation sites (N-methyl/N-ethyl adjacent to an activating group) is 1. The zero-order chi connectivity index (χ0) is 33.0. The summed E-state index contributed by atoms with van der Waals surface area (Å²) in [5, 5.41) is 9.45. The average Bonchev–Trinajstić information content (AvgIpc) is 3.40.